The Morgan fingerprint density at radius 1 is 1.50 bits per heavy atom. The molecule has 1 fully saturated rings. The van der Waals surface area contributed by atoms with Crippen LogP contribution in [0.15, 0.2) is 11.6 Å². The van der Waals surface area contributed by atoms with Gasteiger partial charge in [-0.15, -0.1) is 0 Å². The predicted molar refractivity (Wildman–Crippen MR) is 92.3 cm³/mol. The maximum atomic E-state index is 12.2. The molecule has 1 aliphatic heterocycles. The lowest BCUT2D eigenvalue weighted by molar-refractivity contribution is -0.143. The van der Waals surface area contributed by atoms with Crippen molar-refractivity contribution in [1.82, 2.24) is 4.57 Å². The Labute approximate surface area is 143 Å². The number of rotatable bonds is 6. The molecule has 0 saturated carbocycles. The summed E-state index contributed by atoms with van der Waals surface area (Å²) in [4.78, 5) is 12.2. The Morgan fingerprint density at radius 2 is 2.29 bits per heavy atom. The summed E-state index contributed by atoms with van der Waals surface area (Å²) in [7, 11) is 0. The van der Waals surface area contributed by atoms with Crippen LogP contribution in [0.3, 0.4) is 0 Å². The van der Waals surface area contributed by atoms with E-state index in [0.717, 1.165) is 49.2 Å². The van der Waals surface area contributed by atoms with Crippen LogP contribution >= 0.6 is 0 Å². The fraction of sp³-hybridized carbons (Fsp3) is 0.579. The highest BCUT2D eigenvalue weighted by atomic mass is 16.6. The monoisotopic (exact) mass is 330 g/mol. The smallest absolute Gasteiger partial charge is 0.348 e. The molecule has 1 aromatic heterocycles. The lowest BCUT2D eigenvalue weighted by Crippen LogP contribution is -2.26. The van der Waals surface area contributed by atoms with Crippen LogP contribution in [0.1, 0.15) is 49.6 Å². The Hall–Kier alpha value is -2.06. The van der Waals surface area contributed by atoms with Crippen molar-refractivity contribution in [3.05, 3.63) is 28.6 Å². The van der Waals surface area contributed by atoms with Crippen molar-refractivity contribution in [1.29, 1.82) is 5.26 Å². The van der Waals surface area contributed by atoms with Gasteiger partial charge < -0.3 is 14.0 Å². The highest BCUT2D eigenvalue weighted by molar-refractivity contribution is 5.98. The first-order valence-corrected chi connectivity index (χ1v) is 8.64. The molecule has 24 heavy (non-hydrogen) atoms. The van der Waals surface area contributed by atoms with E-state index >= 15 is 0 Å². The quantitative estimate of drug-likeness (QED) is 0.455. The van der Waals surface area contributed by atoms with E-state index in [1.165, 1.54) is 0 Å². The number of hydrogen-bond acceptors (Lipinski definition) is 4. The van der Waals surface area contributed by atoms with Gasteiger partial charge in [-0.3, -0.25) is 0 Å². The Bertz CT molecular complexity index is 646. The molecule has 1 atom stereocenters. The lowest BCUT2D eigenvalue weighted by Gasteiger charge is -2.21. The number of nitrogens with zero attached hydrogens (tertiary/aromatic N) is 2. The molecule has 0 N–H and O–H groups in total. The first-order chi connectivity index (χ1) is 11.6. The van der Waals surface area contributed by atoms with Crippen molar-refractivity contribution in [3.63, 3.8) is 0 Å². The topological polar surface area (TPSA) is 64.2 Å². The van der Waals surface area contributed by atoms with Crippen molar-refractivity contribution in [2.45, 2.75) is 59.1 Å². The third-order valence-corrected chi connectivity index (χ3v) is 4.37. The molecule has 5 nitrogen and oxygen atoms in total. The van der Waals surface area contributed by atoms with Gasteiger partial charge in [0.1, 0.15) is 18.2 Å². The van der Waals surface area contributed by atoms with Gasteiger partial charge in [0.15, 0.2) is 0 Å². The molecule has 0 aromatic carbocycles. The highest BCUT2D eigenvalue weighted by Gasteiger charge is 2.18. The van der Waals surface area contributed by atoms with E-state index in [9.17, 15) is 10.1 Å². The minimum absolute atomic E-state index is 0.0301. The number of aromatic nitrogens is 1. The highest BCUT2D eigenvalue weighted by Crippen LogP contribution is 2.19. The van der Waals surface area contributed by atoms with Gasteiger partial charge in [0.05, 0.1) is 6.10 Å². The molecule has 0 amide bonds. The van der Waals surface area contributed by atoms with Gasteiger partial charge in [-0.05, 0) is 57.2 Å². The van der Waals surface area contributed by atoms with Crippen LogP contribution < -0.4 is 0 Å². The van der Waals surface area contributed by atoms with Crippen molar-refractivity contribution in [2.75, 3.05) is 13.2 Å². The Balaban J connectivity index is 2.06. The summed E-state index contributed by atoms with van der Waals surface area (Å²) in [5.41, 5.74) is 3.11. The fourth-order valence-corrected chi connectivity index (χ4v) is 3.02. The Morgan fingerprint density at radius 3 is 2.92 bits per heavy atom. The maximum Gasteiger partial charge on any atom is 0.348 e. The number of aryl methyl sites for hydroxylation is 1. The van der Waals surface area contributed by atoms with E-state index in [1.54, 1.807) is 6.08 Å². The van der Waals surface area contributed by atoms with E-state index in [0.29, 0.717) is 6.61 Å². The molecular weight excluding hydrogens is 304 g/mol. The second kappa shape index (κ2) is 8.70. The number of nitriles is 1. The molecule has 1 unspecified atom stereocenters. The molecule has 0 spiro atoms. The molecule has 0 bridgehead atoms. The summed E-state index contributed by atoms with van der Waals surface area (Å²) in [5, 5.41) is 9.31. The van der Waals surface area contributed by atoms with Gasteiger partial charge in [0, 0.05) is 24.5 Å². The predicted octanol–water partition coefficient (Wildman–Crippen LogP) is 3.53. The van der Waals surface area contributed by atoms with Crippen LogP contribution in [-0.4, -0.2) is 29.9 Å². The van der Waals surface area contributed by atoms with Crippen LogP contribution in [0.4, 0.5) is 0 Å². The molecule has 1 aliphatic rings. The van der Waals surface area contributed by atoms with Crippen LogP contribution in [-0.2, 0) is 20.8 Å². The number of carbonyl (C=O) groups excluding carboxylic acids is 1. The van der Waals surface area contributed by atoms with Gasteiger partial charge in [-0.2, -0.15) is 5.26 Å². The maximum absolute atomic E-state index is 12.2. The zero-order chi connectivity index (χ0) is 17.5. The van der Waals surface area contributed by atoms with Crippen molar-refractivity contribution < 1.29 is 14.3 Å². The van der Waals surface area contributed by atoms with E-state index in [1.807, 2.05) is 26.0 Å². The summed E-state index contributed by atoms with van der Waals surface area (Å²) in [6, 6.07) is 3.96. The second-order valence-electron chi connectivity index (χ2n) is 6.23. The first kappa shape index (κ1) is 18.3. The van der Waals surface area contributed by atoms with Gasteiger partial charge in [-0.1, -0.05) is 6.92 Å². The number of esters is 1. The molecule has 2 heterocycles. The molecule has 130 valence electrons. The first-order valence-electron chi connectivity index (χ1n) is 8.64. The standard InChI is InChI=1S/C19H26N2O3/c1-4-8-21-14(2)10-16(15(21)3)11-17(12-20)19(22)24-13-18-7-5-6-9-23-18/h10-11,18H,4-9,13H2,1-3H3. The third-order valence-electron chi connectivity index (χ3n) is 4.37. The van der Waals surface area contributed by atoms with Gasteiger partial charge in [-0.25, -0.2) is 4.79 Å². The van der Waals surface area contributed by atoms with Crippen molar-refractivity contribution in [2.24, 2.45) is 0 Å². The summed E-state index contributed by atoms with van der Waals surface area (Å²) in [6.07, 6.45) is 5.66. The minimum atomic E-state index is -0.577. The van der Waals surface area contributed by atoms with E-state index in [2.05, 4.69) is 11.5 Å². The summed E-state index contributed by atoms with van der Waals surface area (Å²) in [6.45, 7) is 8.02. The Kier molecular flexibility index (Phi) is 6.62. The van der Waals surface area contributed by atoms with Crippen LogP contribution in [0, 0.1) is 25.2 Å². The van der Waals surface area contributed by atoms with E-state index in [-0.39, 0.29) is 18.3 Å². The molecule has 1 saturated heterocycles. The van der Waals surface area contributed by atoms with Gasteiger partial charge >= 0.3 is 5.97 Å². The molecule has 2 rings (SSSR count). The average molecular weight is 330 g/mol. The third kappa shape index (κ3) is 4.48. The zero-order valence-corrected chi connectivity index (χ0v) is 14.8. The lowest BCUT2D eigenvalue weighted by atomic mass is 10.1. The summed E-state index contributed by atoms with van der Waals surface area (Å²) >= 11 is 0. The fourth-order valence-electron chi connectivity index (χ4n) is 3.02. The largest absolute Gasteiger partial charge is 0.459 e. The van der Waals surface area contributed by atoms with Crippen LogP contribution in [0.2, 0.25) is 0 Å². The van der Waals surface area contributed by atoms with E-state index in [4.69, 9.17) is 9.47 Å². The second-order valence-corrected chi connectivity index (χ2v) is 6.23. The SMILES string of the molecule is CCCn1c(C)cc(C=C(C#N)C(=O)OCC2CCCCO2)c1C. The molecule has 0 radical (unpaired) electrons. The van der Waals surface area contributed by atoms with Crippen molar-refractivity contribution >= 4 is 12.0 Å². The van der Waals surface area contributed by atoms with Gasteiger partial charge in [0.25, 0.3) is 0 Å². The molecule has 1 aromatic rings. The summed E-state index contributed by atoms with van der Waals surface area (Å²) < 4.78 is 13.0. The number of ether oxygens (including phenoxy) is 2. The van der Waals surface area contributed by atoms with Gasteiger partial charge in [0.2, 0.25) is 0 Å². The molecule has 0 aliphatic carbocycles. The number of carbonyl (C=O) groups is 1. The zero-order valence-electron chi connectivity index (χ0n) is 14.8. The van der Waals surface area contributed by atoms with Crippen molar-refractivity contribution in [3.8, 4) is 6.07 Å². The minimum Gasteiger partial charge on any atom is -0.459 e. The number of hydrogen-bond donors (Lipinski definition) is 0. The normalized spacial score (nSPS) is 18.2. The van der Waals surface area contributed by atoms with Crippen LogP contribution in [0.25, 0.3) is 6.08 Å². The summed E-state index contributed by atoms with van der Waals surface area (Å²) in [5.74, 6) is -0.577. The average Bonchev–Trinajstić information content (AvgIpc) is 2.86. The molecule has 5 heteroatoms. The van der Waals surface area contributed by atoms with E-state index < -0.39 is 5.97 Å². The molecular formula is C19H26N2O3. The van der Waals surface area contributed by atoms with Crippen LogP contribution in [0.5, 0.6) is 0 Å².